The van der Waals surface area contributed by atoms with E-state index >= 15 is 0 Å². The van der Waals surface area contributed by atoms with Gasteiger partial charge in [0.2, 0.25) is 5.91 Å². The van der Waals surface area contributed by atoms with Gasteiger partial charge in [0.05, 0.1) is 5.69 Å². The van der Waals surface area contributed by atoms with Crippen LogP contribution < -0.4 is 5.32 Å². The fourth-order valence-corrected chi connectivity index (χ4v) is 4.34. The molecule has 0 radical (unpaired) electrons. The number of hydrogen-bond donors (Lipinski definition) is 1. The fourth-order valence-electron chi connectivity index (χ4n) is 4.34. The molecule has 3 aromatic rings. The second kappa shape index (κ2) is 9.06. The average Bonchev–Trinajstić information content (AvgIpc) is 3.14. The Morgan fingerprint density at radius 2 is 1.81 bits per heavy atom. The molecular formula is C24H28FN5O2. The van der Waals surface area contributed by atoms with Crippen molar-refractivity contribution in [1.82, 2.24) is 24.8 Å². The van der Waals surface area contributed by atoms with E-state index in [9.17, 15) is 14.0 Å². The molecule has 32 heavy (non-hydrogen) atoms. The zero-order chi connectivity index (χ0) is 22.8. The van der Waals surface area contributed by atoms with Crippen LogP contribution in [0.4, 0.5) is 4.39 Å². The van der Waals surface area contributed by atoms with E-state index in [0.29, 0.717) is 44.3 Å². The van der Waals surface area contributed by atoms with Crippen LogP contribution in [0.25, 0.3) is 5.65 Å². The minimum atomic E-state index is -0.366. The fraction of sp³-hybridized carbons (Fsp3) is 0.417. The quantitative estimate of drug-likeness (QED) is 0.665. The Labute approximate surface area is 186 Å². The molecule has 7 nitrogen and oxygen atoms in total. The van der Waals surface area contributed by atoms with Crippen LogP contribution in [0.2, 0.25) is 0 Å². The highest BCUT2D eigenvalue weighted by atomic mass is 19.1. The van der Waals surface area contributed by atoms with Crippen LogP contribution in [0.1, 0.15) is 52.3 Å². The molecule has 0 atom stereocenters. The van der Waals surface area contributed by atoms with Crippen LogP contribution in [-0.2, 0) is 11.2 Å². The molecule has 1 N–H and O–H groups in total. The zero-order valence-electron chi connectivity index (χ0n) is 18.7. The van der Waals surface area contributed by atoms with Crippen LogP contribution in [0, 0.1) is 26.6 Å². The summed E-state index contributed by atoms with van der Waals surface area (Å²) in [5, 5.41) is 7.48. The van der Waals surface area contributed by atoms with Crippen molar-refractivity contribution in [3.63, 3.8) is 0 Å². The highest BCUT2D eigenvalue weighted by Gasteiger charge is 2.24. The van der Waals surface area contributed by atoms with Gasteiger partial charge in [-0.1, -0.05) is 0 Å². The Morgan fingerprint density at radius 1 is 1.12 bits per heavy atom. The Balaban J connectivity index is 1.30. The predicted octanol–water partition coefficient (Wildman–Crippen LogP) is 3.15. The SMILES string of the molecule is Cc1cc2nc(C)c(CCC(=O)N3CCC(NC(=O)c4ccc(F)cc4)CC3)c(C)n2n1. The molecule has 168 valence electrons. The number of nitrogens with zero attached hydrogens (tertiary/aromatic N) is 4. The van der Waals surface area contributed by atoms with Crippen LogP contribution in [-0.4, -0.2) is 50.4 Å². The van der Waals surface area contributed by atoms with Crippen molar-refractivity contribution < 1.29 is 14.0 Å². The van der Waals surface area contributed by atoms with Gasteiger partial charge in [-0.2, -0.15) is 5.10 Å². The standard InChI is InChI=1S/C24H28FN5O2/c1-15-14-22-26-16(2)21(17(3)30(22)28-15)8-9-23(31)29-12-10-20(11-13-29)27-24(32)18-4-6-19(25)7-5-18/h4-7,14,20H,8-13H2,1-3H3,(H,27,32). The summed E-state index contributed by atoms with van der Waals surface area (Å²) in [7, 11) is 0. The number of halogens is 1. The van der Waals surface area contributed by atoms with Gasteiger partial charge < -0.3 is 10.2 Å². The third-order valence-electron chi connectivity index (χ3n) is 6.16. The van der Waals surface area contributed by atoms with Crippen molar-refractivity contribution in [3.05, 3.63) is 64.4 Å². The van der Waals surface area contributed by atoms with Crippen molar-refractivity contribution in [2.75, 3.05) is 13.1 Å². The maximum atomic E-state index is 13.0. The first-order valence-electron chi connectivity index (χ1n) is 11.0. The second-order valence-corrected chi connectivity index (χ2v) is 8.45. The number of benzene rings is 1. The van der Waals surface area contributed by atoms with E-state index in [2.05, 4.69) is 15.4 Å². The maximum Gasteiger partial charge on any atom is 0.251 e. The molecule has 3 heterocycles. The van der Waals surface area contributed by atoms with E-state index in [0.717, 1.165) is 28.3 Å². The first-order valence-corrected chi connectivity index (χ1v) is 11.0. The third kappa shape index (κ3) is 4.64. The van der Waals surface area contributed by atoms with Gasteiger partial charge in [0.25, 0.3) is 5.91 Å². The molecule has 1 fully saturated rings. The van der Waals surface area contributed by atoms with E-state index in [1.165, 1.54) is 24.3 Å². The van der Waals surface area contributed by atoms with Crippen LogP contribution in [0.5, 0.6) is 0 Å². The van der Waals surface area contributed by atoms with Gasteiger partial charge in [0, 0.05) is 48.6 Å². The smallest absolute Gasteiger partial charge is 0.251 e. The van der Waals surface area contributed by atoms with E-state index in [1.807, 2.05) is 36.3 Å². The van der Waals surface area contributed by atoms with Gasteiger partial charge in [0.15, 0.2) is 5.65 Å². The minimum absolute atomic E-state index is 0.00996. The predicted molar refractivity (Wildman–Crippen MR) is 119 cm³/mol. The Kier molecular flexibility index (Phi) is 6.21. The van der Waals surface area contributed by atoms with Gasteiger partial charge in [-0.25, -0.2) is 13.9 Å². The lowest BCUT2D eigenvalue weighted by Gasteiger charge is -2.32. The highest BCUT2D eigenvalue weighted by Crippen LogP contribution is 2.19. The molecular weight excluding hydrogens is 409 g/mol. The highest BCUT2D eigenvalue weighted by molar-refractivity contribution is 5.94. The number of hydrogen-bond acceptors (Lipinski definition) is 4. The summed E-state index contributed by atoms with van der Waals surface area (Å²) in [6.07, 6.45) is 2.45. The van der Waals surface area contributed by atoms with Gasteiger partial charge >= 0.3 is 0 Å². The molecule has 1 aliphatic rings. The van der Waals surface area contributed by atoms with E-state index in [4.69, 9.17) is 0 Å². The number of carbonyl (C=O) groups excluding carboxylic acids is 2. The summed E-state index contributed by atoms with van der Waals surface area (Å²) in [6.45, 7) is 7.16. The number of fused-ring (bicyclic) bond motifs is 1. The molecule has 1 aromatic carbocycles. The molecule has 1 aliphatic heterocycles. The zero-order valence-corrected chi connectivity index (χ0v) is 18.7. The maximum absolute atomic E-state index is 13.0. The molecule has 2 aromatic heterocycles. The van der Waals surface area contributed by atoms with Gasteiger partial charge in [0.1, 0.15) is 5.82 Å². The summed E-state index contributed by atoms with van der Waals surface area (Å²) in [5.41, 5.74) is 5.21. The number of rotatable bonds is 5. The Morgan fingerprint density at radius 3 is 2.50 bits per heavy atom. The van der Waals surface area contributed by atoms with Crippen LogP contribution in [0.15, 0.2) is 30.3 Å². The first-order chi connectivity index (χ1) is 15.3. The summed E-state index contributed by atoms with van der Waals surface area (Å²) in [5.74, 6) is -0.462. The van der Waals surface area contributed by atoms with E-state index < -0.39 is 0 Å². The van der Waals surface area contributed by atoms with Crippen molar-refractivity contribution in [2.45, 2.75) is 52.5 Å². The summed E-state index contributed by atoms with van der Waals surface area (Å²) < 4.78 is 14.9. The number of likely N-dealkylation sites (tertiary alicyclic amines) is 1. The largest absolute Gasteiger partial charge is 0.349 e. The number of aromatic nitrogens is 3. The molecule has 0 aliphatic carbocycles. The lowest BCUT2D eigenvalue weighted by Crippen LogP contribution is -2.46. The molecule has 0 spiro atoms. The van der Waals surface area contributed by atoms with Crippen molar-refractivity contribution in [3.8, 4) is 0 Å². The number of piperidine rings is 1. The van der Waals surface area contributed by atoms with Crippen LogP contribution >= 0.6 is 0 Å². The Hall–Kier alpha value is -3.29. The summed E-state index contributed by atoms with van der Waals surface area (Å²) >= 11 is 0. The minimum Gasteiger partial charge on any atom is -0.349 e. The summed E-state index contributed by atoms with van der Waals surface area (Å²) in [6, 6.07) is 7.47. The van der Waals surface area contributed by atoms with Gasteiger partial charge in [-0.3, -0.25) is 9.59 Å². The number of aryl methyl sites for hydroxylation is 3. The van der Waals surface area contributed by atoms with Crippen molar-refractivity contribution >= 4 is 17.5 Å². The van der Waals surface area contributed by atoms with E-state index in [1.54, 1.807) is 0 Å². The van der Waals surface area contributed by atoms with Crippen molar-refractivity contribution in [1.29, 1.82) is 0 Å². The molecule has 1 saturated heterocycles. The topological polar surface area (TPSA) is 79.6 Å². The molecule has 2 amide bonds. The normalized spacial score (nSPS) is 14.7. The third-order valence-corrected chi connectivity index (χ3v) is 6.16. The van der Waals surface area contributed by atoms with Crippen LogP contribution in [0.3, 0.4) is 0 Å². The molecule has 4 rings (SSSR count). The molecule has 8 heteroatoms. The second-order valence-electron chi connectivity index (χ2n) is 8.45. The number of amides is 2. The Bertz CT molecular complexity index is 1150. The lowest BCUT2D eigenvalue weighted by atomic mass is 10.0. The average molecular weight is 438 g/mol. The summed E-state index contributed by atoms with van der Waals surface area (Å²) in [4.78, 5) is 31.6. The number of carbonyl (C=O) groups is 2. The van der Waals surface area contributed by atoms with Gasteiger partial charge in [-0.05, 0) is 69.9 Å². The van der Waals surface area contributed by atoms with Gasteiger partial charge in [-0.15, -0.1) is 0 Å². The number of nitrogens with one attached hydrogen (secondary N) is 1. The lowest BCUT2D eigenvalue weighted by molar-refractivity contribution is -0.132. The monoisotopic (exact) mass is 437 g/mol. The molecule has 0 saturated carbocycles. The molecule has 0 bridgehead atoms. The van der Waals surface area contributed by atoms with E-state index in [-0.39, 0.29) is 23.7 Å². The van der Waals surface area contributed by atoms with Crippen molar-refractivity contribution in [2.24, 2.45) is 0 Å². The molecule has 0 unspecified atom stereocenters. The first kappa shape index (κ1) is 21.9.